The van der Waals surface area contributed by atoms with Gasteiger partial charge in [0.25, 0.3) is 5.92 Å². The molecule has 0 fully saturated rings. The molecule has 0 spiro atoms. The van der Waals surface area contributed by atoms with E-state index in [2.05, 4.69) is 0 Å². The zero-order chi connectivity index (χ0) is 15.7. The third-order valence-electron chi connectivity index (χ3n) is 4.22. The largest absolute Gasteiger partial charge is 0.331 e. The molecule has 1 aromatic carbocycles. The predicted octanol–water partition coefficient (Wildman–Crippen LogP) is 4.20. The molecule has 4 heteroatoms. The number of hydrogen-bond acceptors (Lipinski definition) is 1. The highest BCUT2D eigenvalue weighted by atomic mass is 19.3. The Hall–Kier alpha value is -1.71. The van der Waals surface area contributed by atoms with E-state index in [1.807, 2.05) is 42.5 Å². The van der Waals surface area contributed by atoms with E-state index >= 15 is 0 Å². The van der Waals surface area contributed by atoms with Gasteiger partial charge in [-0.15, -0.1) is 0 Å². The second kappa shape index (κ2) is 5.58. The Bertz CT molecular complexity index is 531. The van der Waals surface area contributed by atoms with Gasteiger partial charge in [-0.3, -0.25) is 4.79 Å². The molecule has 0 aliphatic carbocycles. The zero-order valence-electron chi connectivity index (χ0n) is 12.6. The topological polar surface area (TPSA) is 20.3 Å². The van der Waals surface area contributed by atoms with Crippen LogP contribution in [0.3, 0.4) is 0 Å². The number of benzene rings is 1. The lowest BCUT2D eigenvalue weighted by molar-refractivity contribution is -0.164. The average molecular weight is 293 g/mol. The van der Waals surface area contributed by atoms with E-state index in [-0.39, 0.29) is 6.04 Å². The quantitative estimate of drug-likeness (QED) is 0.765. The summed E-state index contributed by atoms with van der Waals surface area (Å²) in [6.07, 6.45) is 4.61. The van der Waals surface area contributed by atoms with E-state index in [9.17, 15) is 13.6 Å². The lowest BCUT2D eigenvalue weighted by atomic mass is 9.83. The van der Waals surface area contributed by atoms with E-state index in [1.54, 1.807) is 4.90 Å². The zero-order valence-corrected chi connectivity index (χ0v) is 12.6. The maximum absolute atomic E-state index is 13.8. The lowest BCUT2D eigenvalue weighted by Gasteiger charge is -2.40. The van der Waals surface area contributed by atoms with Gasteiger partial charge in [0, 0.05) is 13.5 Å². The van der Waals surface area contributed by atoms with E-state index in [4.69, 9.17) is 0 Å². The normalized spacial score (nSPS) is 19.7. The van der Waals surface area contributed by atoms with Gasteiger partial charge in [0.15, 0.2) is 0 Å². The first-order valence-corrected chi connectivity index (χ1v) is 7.15. The summed E-state index contributed by atoms with van der Waals surface area (Å²) in [4.78, 5) is 14.2. The molecule has 1 aromatic rings. The van der Waals surface area contributed by atoms with Crippen molar-refractivity contribution in [3.8, 4) is 0 Å². The van der Waals surface area contributed by atoms with E-state index in [0.29, 0.717) is 13.0 Å². The van der Waals surface area contributed by atoms with Crippen molar-refractivity contribution >= 4 is 5.91 Å². The Labute approximate surface area is 124 Å². The molecule has 114 valence electrons. The molecular formula is C17H21F2NO. The summed E-state index contributed by atoms with van der Waals surface area (Å²) < 4.78 is 27.5. The predicted molar refractivity (Wildman–Crippen MR) is 79.1 cm³/mol. The summed E-state index contributed by atoms with van der Waals surface area (Å²) >= 11 is 0. The second-order valence-corrected chi connectivity index (χ2v) is 6.08. The summed E-state index contributed by atoms with van der Waals surface area (Å²) in [5.74, 6) is -3.57. The van der Waals surface area contributed by atoms with Crippen molar-refractivity contribution in [2.24, 2.45) is 5.41 Å². The Balaban J connectivity index is 2.33. The van der Waals surface area contributed by atoms with Crippen LogP contribution in [-0.4, -0.2) is 23.3 Å². The second-order valence-electron chi connectivity index (χ2n) is 6.08. The van der Waals surface area contributed by atoms with Crippen molar-refractivity contribution in [3.05, 3.63) is 48.0 Å². The SMILES string of the molecule is CC(F)(F)C(C)(C)C(=O)N1CCC=C[C@H]1c1ccccc1. The minimum absolute atomic E-state index is 0.269. The highest BCUT2D eigenvalue weighted by Gasteiger charge is 2.50. The Morgan fingerprint density at radius 1 is 1.19 bits per heavy atom. The number of alkyl halides is 2. The maximum atomic E-state index is 13.8. The van der Waals surface area contributed by atoms with Crippen molar-refractivity contribution in [2.75, 3.05) is 6.54 Å². The van der Waals surface area contributed by atoms with E-state index in [0.717, 1.165) is 12.5 Å². The van der Waals surface area contributed by atoms with Gasteiger partial charge in [0.05, 0.1) is 6.04 Å². The van der Waals surface area contributed by atoms with E-state index < -0.39 is 17.2 Å². The molecule has 1 aliphatic rings. The smallest absolute Gasteiger partial charge is 0.259 e. The van der Waals surface area contributed by atoms with Crippen molar-refractivity contribution in [2.45, 2.75) is 39.2 Å². The van der Waals surface area contributed by atoms with Crippen LogP contribution in [0.25, 0.3) is 0 Å². The minimum atomic E-state index is -3.06. The molecule has 0 saturated heterocycles. The number of hydrogen-bond donors (Lipinski definition) is 0. The Morgan fingerprint density at radius 3 is 2.38 bits per heavy atom. The van der Waals surface area contributed by atoms with Crippen molar-refractivity contribution in [3.63, 3.8) is 0 Å². The summed E-state index contributed by atoms with van der Waals surface area (Å²) in [5, 5.41) is 0. The summed E-state index contributed by atoms with van der Waals surface area (Å²) in [6, 6.07) is 9.23. The molecule has 1 amide bonds. The highest BCUT2D eigenvalue weighted by molar-refractivity contribution is 5.84. The molecule has 0 radical (unpaired) electrons. The molecule has 0 bridgehead atoms. The number of nitrogens with zero attached hydrogens (tertiary/aromatic N) is 1. The molecule has 1 heterocycles. The molecule has 2 rings (SSSR count). The maximum Gasteiger partial charge on any atom is 0.259 e. The fraction of sp³-hybridized carbons (Fsp3) is 0.471. The van der Waals surface area contributed by atoms with Crippen LogP contribution in [0, 0.1) is 5.41 Å². The third kappa shape index (κ3) is 2.99. The standard InChI is InChI=1S/C17H21F2NO/c1-16(2,17(3,18)19)15(21)20-12-8-7-11-14(20)13-9-5-4-6-10-13/h4-7,9-11,14H,8,12H2,1-3H3/t14-/m0/s1. The van der Waals surface area contributed by atoms with Crippen molar-refractivity contribution in [1.82, 2.24) is 4.90 Å². The fourth-order valence-electron chi connectivity index (χ4n) is 2.40. The van der Waals surface area contributed by atoms with Gasteiger partial charge >= 0.3 is 0 Å². The first-order chi connectivity index (χ1) is 9.75. The Kier molecular flexibility index (Phi) is 4.17. The molecule has 0 unspecified atom stereocenters. The molecule has 2 nitrogen and oxygen atoms in total. The number of carbonyl (C=O) groups is 1. The molecule has 1 atom stereocenters. The third-order valence-corrected chi connectivity index (χ3v) is 4.22. The minimum Gasteiger partial charge on any atom is -0.331 e. The van der Waals surface area contributed by atoms with Gasteiger partial charge in [0.1, 0.15) is 5.41 Å². The van der Waals surface area contributed by atoms with Crippen LogP contribution in [0.2, 0.25) is 0 Å². The van der Waals surface area contributed by atoms with Gasteiger partial charge in [-0.05, 0) is 25.8 Å². The lowest BCUT2D eigenvalue weighted by Crippen LogP contribution is -2.51. The van der Waals surface area contributed by atoms with Crippen LogP contribution in [0.15, 0.2) is 42.5 Å². The monoisotopic (exact) mass is 293 g/mol. The molecule has 0 saturated carbocycles. The Morgan fingerprint density at radius 2 is 1.81 bits per heavy atom. The van der Waals surface area contributed by atoms with Crippen LogP contribution in [0.4, 0.5) is 8.78 Å². The summed E-state index contributed by atoms with van der Waals surface area (Å²) in [7, 11) is 0. The van der Waals surface area contributed by atoms with Crippen molar-refractivity contribution in [1.29, 1.82) is 0 Å². The van der Waals surface area contributed by atoms with Crippen LogP contribution in [-0.2, 0) is 4.79 Å². The number of rotatable bonds is 3. The molecular weight excluding hydrogens is 272 g/mol. The molecule has 1 aliphatic heterocycles. The number of amides is 1. The van der Waals surface area contributed by atoms with Crippen LogP contribution >= 0.6 is 0 Å². The first kappa shape index (κ1) is 15.7. The number of carbonyl (C=O) groups excluding carboxylic acids is 1. The molecule has 21 heavy (non-hydrogen) atoms. The van der Waals surface area contributed by atoms with Crippen LogP contribution < -0.4 is 0 Å². The number of halogens is 2. The van der Waals surface area contributed by atoms with Gasteiger partial charge < -0.3 is 4.90 Å². The summed E-state index contributed by atoms with van der Waals surface area (Å²) in [5.41, 5.74) is -0.775. The van der Waals surface area contributed by atoms with E-state index in [1.165, 1.54) is 13.8 Å². The fourth-order valence-corrected chi connectivity index (χ4v) is 2.40. The average Bonchev–Trinajstić information content (AvgIpc) is 2.46. The van der Waals surface area contributed by atoms with Gasteiger partial charge in [-0.2, -0.15) is 0 Å². The first-order valence-electron chi connectivity index (χ1n) is 7.15. The van der Waals surface area contributed by atoms with Crippen LogP contribution in [0.5, 0.6) is 0 Å². The van der Waals surface area contributed by atoms with Gasteiger partial charge in [-0.1, -0.05) is 42.5 Å². The summed E-state index contributed by atoms with van der Waals surface area (Å²) in [6.45, 7) is 3.90. The van der Waals surface area contributed by atoms with Crippen LogP contribution in [0.1, 0.15) is 38.8 Å². The van der Waals surface area contributed by atoms with Crippen molar-refractivity contribution < 1.29 is 13.6 Å². The van der Waals surface area contributed by atoms with Gasteiger partial charge in [-0.25, -0.2) is 8.78 Å². The highest BCUT2D eigenvalue weighted by Crippen LogP contribution is 2.40. The molecule has 0 N–H and O–H groups in total. The van der Waals surface area contributed by atoms with Gasteiger partial charge in [0.2, 0.25) is 5.91 Å². The molecule has 0 aromatic heterocycles.